The number of amides is 1. The topological polar surface area (TPSA) is 75.6 Å². The van der Waals surface area contributed by atoms with Crippen molar-refractivity contribution in [3.8, 4) is 5.75 Å². The van der Waals surface area contributed by atoms with Crippen molar-refractivity contribution < 1.29 is 23.8 Å². The van der Waals surface area contributed by atoms with Gasteiger partial charge < -0.3 is 15.2 Å². The lowest BCUT2D eigenvalue weighted by Gasteiger charge is -2.19. The van der Waals surface area contributed by atoms with Gasteiger partial charge in [0.1, 0.15) is 12.4 Å². The lowest BCUT2D eigenvalue weighted by atomic mass is 10.2. The molecule has 0 aliphatic heterocycles. The minimum Gasteiger partial charge on any atom is -0.480 e. The molecule has 7 heteroatoms. The molecule has 1 rings (SSSR count). The number of hydrogen-bond donors (Lipinski definition) is 2. The van der Waals surface area contributed by atoms with Gasteiger partial charge in [-0.1, -0.05) is 30.7 Å². The third-order valence-corrected chi connectivity index (χ3v) is 2.85. The van der Waals surface area contributed by atoms with Gasteiger partial charge in [0.2, 0.25) is 0 Å². The van der Waals surface area contributed by atoms with Gasteiger partial charge in [-0.15, -0.1) is 0 Å². The average Bonchev–Trinajstić information content (AvgIpc) is 2.43. The highest BCUT2D eigenvalue weighted by Crippen LogP contribution is 2.24. The molecule has 110 valence electrons. The number of hydrogen-bond acceptors (Lipinski definition) is 3. The second-order valence-corrected chi connectivity index (χ2v) is 4.41. The van der Waals surface area contributed by atoms with Crippen LogP contribution in [0.4, 0.5) is 4.39 Å². The van der Waals surface area contributed by atoms with Crippen molar-refractivity contribution in [1.82, 2.24) is 5.32 Å². The summed E-state index contributed by atoms with van der Waals surface area (Å²) in [6, 6.07) is 5.00. The first-order chi connectivity index (χ1) is 9.49. The summed E-state index contributed by atoms with van der Waals surface area (Å²) in [5.74, 6) is -1.82. The Labute approximate surface area is 120 Å². The van der Waals surface area contributed by atoms with Gasteiger partial charge in [0.15, 0.2) is 12.1 Å². The molecule has 2 atom stereocenters. The Kier molecular flexibility index (Phi) is 6.24. The molecule has 0 aromatic heterocycles. The van der Waals surface area contributed by atoms with Crippen molar-refractivity contribution in [3.63, 3.8) is 0 Å². The predicted molar refractivity (Wildman–Crippen MR) is 71.7 cm³/mol. The van der Waals surface area contributed by atoms with Gasteiger partial charge in [0.25, 0.3) is 5.91 Å². The number of benzene rings is 1. The summed E-state index contributed by atoms with van der Waals surface area (Å²) in [5, 5.41) is 11.1. The molecule has 1 amide bonds. The number of alkyl halides is 1. The number of nitrogens with one attached hydrogen (secondary N) is 1. The van der Waals surface area contributed by atoms with E-state index in [1.807, 2.05) is 0 Å². The summed E-state index contributed by atoms with van der Waals surface area (Å²) in [4.78, 5) is 22.5. The summed E-state index contributed by atoms with van der Waals surface area (Å²) >= 11 is 5.90. The maximum Gasteiger partial charge on any atom is 0.328 e. The maximum absolute atomic E-state index is 12.5. The summed E-state index contributed by atoms with van der Waals surface area (Å²) < 4.78 is 17.9. The minimum atomic E-state index is -1.58. The highest BCUT2D eigenvalue weighted by molar-refractivity contribution is 6.32. The average molecular weight is 304 g/mol. The standard InChI is InChI=1S/C13H15ClFNO4/c1-2-10(12(17)16-9(7-15)13(18)19)20-11-6-4-3-5-8(11)14/h3-6,9-10H,2,7H2,1H3,(H,16,17)(H,18,19). The molecule has 0 spiro atoms. The van der Waals surface area contributed by atoms with Crippen molar-refractivity contribution >= 4 is 23.5 Å². The Hall–Kier alpha value is -1.82. The van der Waals surface area contributed by atoms with Gasteiger partial charge in [-0.2, -0.15) is 0 Å². The Morgan fingerprint density at radius 3 is 2.60 bits per heavy atom. The van der Waals surface area contributed by atoms with Crippen LogP contribution in [-0.4, -0.2) is 35.8 Å². The normalized spacial score (nSPS) is 13.3. The molecular weight excluding hydrogens is 289 g/mol. The van der Waals surface area contributed by atoms with Crippen LogP contribution in [0.1, 0.15) is 13.3 Å². The maximum atomic E-state index is 12.5. The van der Waals surface area contributed by atoms with Crippen LogP contribution in [0.25, 0.3) is 0 Å². The molecule has 1 aromatic carbocycles. The molecule has 0 saturated heterocycles. The number of carboxylic acids is 1. The van der Waals surface area contributed by atoms with E-state index in [1.54, 1.807) is 31.2 Å². The third-order valence-electron chi connectivity index (χ3n) is 2.54. The summed E-state index contributed by atoms with van der Waals surface area (Å²) in [5.41, 5.74) is 0. The second kappa shape index (κ2) is 7.69. The van der Waals surface area contributed by atoms with Gasteiger partial charge >= 0.3 is 5.97 Å². The number of carbonyl (C=O) groups is 2. The van der Waals surface area contributed by atoms with E-state index in [9.17, 15) is 14.0 Å². The molecule has 0 fully saturated rings. The van der Waals surface area contributed by atoms with Crippen LogP contribution in [0.2, 0.25) is 5.02 Å². The third kappa shape index (κ3) is 4.38. The number of halogens is 2. The molecule has 0 aliphatic carbocycles. The molecular formula is C13H15ClFNO4. The molecule has 0 saturated carbocycles. The molecule has 5 nitrogen and oxygen atoms in total. The fourth-order valence-electron chi connectivity index (χ4n) is 1.45. The van der Waals surface area contributed by atoms with Crippen LogP contribution in [0.15, 0.2) is 24.3 Å². The molecule has 1 aromatic rings. The number of carbonyl (C=O) groups excluding carboxylic acids is 1. The Balaban J connectivity index is 2.73. The van der Waals surface area contributed by atoms with E-state index in [4.69, 9.17) is 21.4 Å². The molecule has 20 heavy (non-hydrogen) atoms. The Bertz CT molecular complexity index is 483. The molecule has 0 heterocycles. The number of aliphatic carboxylic acids is 1. The van der Waals surface area contributed by atoms with Gasteiger partial charge in [-0.25, -0.2) is 9.18 Å². The lowest BCUT2D eigenvalue weighted by molar-refractivity contribution is -0.143. The van der Waals surface area contributed by atoms with Gasteiger partial charge in [0.05, 0.1) is 5.02 Å². The molecule has 0 aliphatic rings. The highest BCUT2D eigenvalue weighted by Gasteiger charge is 2.25. The largest absolute Gasteiger partial charge is 0.480 e. The summed E-state index contributed by atoms with van der Waals surface area (Å²) in [6.07, 6.45) is -0.654. The van der Waals surface area contributed by atoms with E-state index in [0.29, 0.717) is 10.8 Å². The van der Waals surface area contributed by atoms with Crippen LogP contribution < -0.4 is 10.1 Å². The second-order valence-electron chi connectivity index (χ2n) is 4.00. The highest BCUT2D eigenvalue weighted by atomic mass is 35.5. The zero-order chi connectivity index (χ0) is 15.1. The first-order valence-corrected chi connectivity index (χ1v) is 6.37. The van der Waals surface area contributed by atoms with Crippen LogP contribution in [0.5, 0.6) is 5.75 Å². The zero-order valence-electron chi connectivity index (χ0n) is 10.8. The first-order valence-electron chi connectivity index (χ1n) is 5.99. The van der Waals surface area contributed by atoms with Crippen LogP contribution in [-0.2, 0) is 9.59 Å². The van der Waals surface area contributed by atoms with Gasteiger partial charge in [0, 0.05) is 0 Å². The molecule has 0 radical (unpaired) electrons. The van der Waals surface area contributed by atoms with Gasteiger partial charge in [-0.3, -0.25) is 4.79 Å². The molecule has 2 unspecified atom stereocenters. The van der Waals surface area contributed by atoms with Crippen molar-refractivity contribution in [3.05, 3.63) is 29.3 Å². The number of carboxylic acid groups (broad SMARTS) is 1. The fraction of sp³-hybridized carbons (Fsp3) is 0.385. The van der Waals surface area contributed by atoms with Gasteiger partial charge in [-0.05, 0) is 18.6 Å². The molecule has 0 bridgehead atoms. The van der Waals surface area contributed by atoms with E-state index in [2.05, 4.69) is 5.32 Å². The van der Waals surface area contributed by atoms with Crippen LogP contribution in [0.3, 0.4) is 0 Å². The SMILES string of the molecule is CCC(Oc1ccccc1Cl)C(=O)NC(CF)C(=O)O. The predicted octanol–water partition coefficient (Wildman–Crippen LogP) is 2.04. The Morgan fingerprint density at radius 1 is 1.45 bits per heavy atom. The van der Waals surface area contributed by atoms with E-state index < -0.39 is 30.7 Å². The smallest absolute Gasteiger partial charge is 0.328 e. The van der Waals surface area contributed by atoms with Crippen molar-refractivity contribution in [2.75, 3.05) is 6.67 Å². The first kappa shape index (κ1) is 16.2. The number of rotatable bonds is 7. The lowest BCUT2D eigenvalue weighted by Crippen LogP contribution is -2.48. The van der Waals surface area contributed by atoms with Crippen LogP contribution >= 0.6 is 11.6 Å². The number of para-hydroxylation sites is 1. The van der Waals surface area contributed by atoms with Crippen LogP contribution in [0, 0.1) is 0 Å². The minimum absolute atomic E-state index is 0.287. The van der Waals surface area contributed by atoms with Crippen molar-refractivity contribution in [1.29, 1.82) is 0 Å². The van der Waals surface area contributed by atoms with Crippen molar-refractivity contribution in [2.24, 2.45) is 0 Å². The Morgan fingerprint density at radius 2 is 2.10 bits per heavy atom. The van der Waals surface area contributed by atoms with E-state index in [0.717, 1.165) is 0 Å². The van der Waals surface area contributed by atoms with E-state index in [-0.39, 0.29) is 6.42 Å². The molecule has 2 N–H and O–H groups in total. The van der Waals surface area contributed by atoms with E-state index >= 15 is 0 Å². The van der Waals surface area contributed by atoms with Crippen molar-refractivity contribution in [2.45, 2.75) is 25.5 Å². The number of ether oxygens (including phenoxy) is 1. The fourth-order valence-corrected chi connectivity index (χ4v) is 1.63. The summed E-state index contributed by atoms with van der Waals surface area (Å²) in [7, 11) is 0. The van der Waals surface area contributed by atoms with E-state index in [1.165, 1.54) is 0 Å². The summed E-state index contributed by atoms with van der Waals surface area (Å²) in [6.45, 7) is 0.496. The monoisotopic (exact) mass is 303 g/mol. The quantitative estimate of drug-likeness (QED) is 0.808. The zero-order valence-corrected chi connectivity index (χ0v) is 11.6.